The van der Waals surface area contributed by atoms with Gasteiger partial charge in [0.05, 0.1) is 0 Å². The number of nitrogens with zero attached hydrogens (tertiary/aromatic N) is 1. The summed E-state index contributed by atoms with van der Waals surface area (Å²) in [5.41, 5.74) is 0.789. The topological polar surface area (TPSA) is 37.0 Å². The summed E-state index contributed by atoms with van der Waals surface area (Å²) in [5, 5.41) is 5.51. The Hall–Kier alpha value is -2.24. The molecule has 1 aromatic carbocycles. The summed E-state index contributed by atoms with van der Waals surface area (Å²) < 4.78 is 40.0. The predicted octanol–water partition coefficient (Wildman–Crippen LogP) is 3.59. The van der Waals surface area contributed by atoms with Crippen LogP contribution in [0.25, 0.3) is 0 Å². The fourth-order valence-corrected chi connectivity index (χ4v) is 1.90. The summed E-state index contributed by atoms with van der Waals surface area (Å²) in [4.78, 5) is 3.86. The molecule has 2 aromatic rings. The van der Waals surface area contributed by atoms with Crippen LogP contribution in [0.5, 0.6) is 0 Å². The van der Waals surface area contributed by atoms with Gasteiger partial charge in [-0.25, -0.2) is 18.2 Å². The van der Waals surface area contributed by atoms with Crippen molar-refractivity contribution < 1.29 is 13.2 Å². The number of benzene rings is 1. The van der Waals surface area contributed by atoms with E-state index in [-0.39, 0.29) is 17.5 Å². The van der Waals surface area contributed by atoms with Crippen LogP contribution < -0.4 is 10.6 Å². The van der Waals surface area contributed by atoms with E-state index in [4.69, 9.17) is 0 Å². The van der Waals surface area contributed by atoms with Crippen molar-refractivity contribution >= 4 is 11.6 Å². The molecule has 0 aliphatic carbocycles. The Labute approximate surface area is 121 Å². The highest BCUT2D eigenvalue weighted by molar-refractivity contribution is 5.47. The van der Waals surface area contributed by atoms with Crippen molar-refractivity contribution in [2.75, 3.05) is 23.7 Å². The molecule has 0 aliphatic rings. The third-order valence-electron chi connectivity index (χ3n) is 2.87. The Morgan fingerprint density at radius 2 is 1.71 bits per heavy atom. The van der Waals surface area contributed by atoms with Crippen molar-refractivity contribution in [2.45, 2.75) is 13.3 Å². The normalized spacial score (nSPS) is 10.5. The second-order valence-electron chi connectivity index (χ2n) is 4.49. The minimum Gasteiger partial charge on any atom is -0.368 e. The van der Waals surface area contributed by atoms with Gasteiger partial charge in [-0.2, -0.15) is 0 Å². The molecule has 0 atom stereocenters. The second-order valence-corrected chi connectivity index (χ2v) is 4.49. The number of hydrogen-bond donors (Lipinski definition) is 2. The minimum atomic E-state index is -0.756. The Bertz CT molecular complexity index is 617. The lowest BCUT2D eigenvalue weighted by atomic mass is 10.1. The van der Waals surface area contributed by atoms with E-state index in [0.717, 1.165) is 11.6 Å². The summed E-state index contributed by atoms with van der Waals surface area (Å²) >= 11 is 0. The van der Waals surface area contributed by atoms with E-state index >= 15 is 0 Å². The van der Waals surface area contributed by atoms with Crippen LogP contribution in [-0.4, -0.2) is 18.1 Å². The van der Waals surface area contributed by atoms with E-state index in [1.54, 1.807) is 19.1 Å². The van der Waals surface area contributed by atoms with Gasteiger partial charge in [0.1, 0.15) is 5.82 Å². The van der Waals surface area contributed by atoms with Gasteiger partial charge in [-0.3, -0.25) is 0 Å². The van der Waals surface area contributed by atoms with Gasteiger partial charge in [0.2, 0.25) is 0 Å². The first kappa shape index (κ1) is 15.2. The van der Waals surface area contributed by atoms with Crippen LogP contribution in [0.4, 0.5) is 24.8 Å². The number of pyridine rings is 1. The lowest BCUT2D eigenvalue weighted by molar-refractivity contribution is 0.578. The lowest BCUT2D eigenvalue weighted by Crippen LogP contribution is -2.11. The molecule has 0 bridgehead atoms. The van der Waals surface area contributed by atoms with Crippen LogP contribution in [0.1, 0.15) is 12.5 Å². The standard InChI is InChI=1S/C15H16F3N3/c1-2-19-14-12(17)9-13(18)15(21-14)20-7-6-10-4-3-5-11(16)8-10/h3-5,8-9H,2,6-7H2,1H3,(H2,19,20,21). The Morgan fingerprint density at radius 3 is 2.38 bits per heavy atom. The molecule has 0 saturated heterocycles. The zero-order chi connectivity index (χ0) is 15.2. The average molecular weight is 295 g/mol. The van der Waals surface area contributed by atoms with Crippen LogP contribution in [0.2, 0.25) is 0 Å². The van der Waals surface area contributed by atoms with Crippen molar-refractivity contribution in [3.05, 3.63) is 53.3 Å². The molecule has 0 radical (unpaired) electrons. The monoisotopic (exact) mass is 295 g/mol. The molecule has 0 spiro atoms. The maximum atomic E-state index is 13.6. The molecule has 1 aromatic heterocycles. The fraction of sp³-hybridized carbons (Fsp3) is 0.267. The van der Waals surface area contributed by atoms with Crippen molar-refractivity contribution in [2.24, 2.45) is 0 Å². The molecule has 1 heterocycles. The zero-order valence-corrected chi connectivity index (χ0v) is 11.6. The van der Waals surface area contributed by atoms with Gasteiger partial charge in [0.15, 0.2) is 23.3 Å². The summed E-state index contributed by atoms with van der Waals surface area (Å²) in [6.07, 6.45) is 0.507. The van der Waals surface area contributed by atoms with Crippen LogP contribution in [0, 0.1) is 17.5 Å². The van der Waals surface area contributed by atoms with Crippen molar-refractivity contribution in [1.29, 1.82) is 0 Å². The number of halogens is 3. The highest BCUT2D eigenvalue weighted by atomic mass is 19.1. The molecular weight excluding hydrogens is 279 g/mol. The molecule has 6 heteroatoms. The second kappa shape index (κ2) is 6.97. The Kier molecular flexibility index (Phi) is 5.03. The summed E-state index contributed by atoms with van der Waals surface area (Å²) in [6, 6.07) is 6.96. The zero-order valence-electron chi connectivity index (χ0n) is 11.6. The fourth-order valence-electron chi connectivity index (χ4n) is 1.90. The molecule has 0 aliphatic heterocycles. The summed E-state index contributed by atoms with van der Waals surface area (Å²) in [6.45, 7) is 2.64. The largest absolute Gasteiger partial charge is 0.368 e. The van der Waals surface area contributed by atoms with Gasteiger partial charge in [-0.1, -0.05) is 12.1 Å². The number of rotatable bonds is 6. The SMILES string of the molecule is CCNc1nc(NCCc2cccc(F)c2)c(F)cc1F. The Morgan fingerprint density at radius 1 is 1.00 bits per heavy atom. The molecule has 0 saturated carbocycles. The van der Waals surface area contributed by atoms with Crippen molar-refractivity contribution in [3.8, 4) is 0 Å². The minimum absolute atomic E-state index is 0.00663. The lowest BCUT2D eigenvalue weighted by Gasteiger charge is -2.10. The summed E-state index contributed by atoms with van der Waals surface area (Å²) in [7, 11) is 0. The molecule has 0 amide bonds. The highest BCUT2D eigenvalue weighted by Gasteiger charge is 2.11. The number of aromatic nitrogens is 1. The van der Waals surface area contributed by atoms with Crippen LogP contribution in [0.3, 0.4) is 0 Å². The molecule has 3 nitrogen and oxygen atoms in total. The van der Waals surface area contributed by atoms with E-state index in [9.17, 15) is 13.2 Å². The molecular formula is C15H16F3N3. The van der Waals surface area contributed by atoms with Gasteiger partial charge in [-0.05, 0) is 31.0 Å². The van der Waals surface area contributed by atoms with E-state index in [2.05, 4.69) is 15.6 Å². The maximum Gasteiger partial charge on any atom is 0.168 e. The van der Waals surface area contributed by atoms with Crippen LogP contribution in [-0.2, 0) is 6.42 Å². The number of anilines is 2. The highest BCUT2D eigenvalue weighted by Crippen LogP contribution is 2.18. The van der Waals surface area contributed by atoms with Crippen molar-refractivity contribution in [1.82, 2.24) is 4.98 Å². The van der Waals surface area contributed by atoms with Gasteiger partial charge in [-0.15, -0.1) is 0 Å². The first-order valence-electron chi connectivity index (χ1n) is 6.68. The third-order valence-corrected chi connectivity index (χ3v) is 2.87. The quantitative estimate of drug-likeness (QED) is 0.855. The van der Waals surface area contributed by atoms with Gasteiger partial charge in [0.25, 0.3) is 0 Å². The maximum absolute atomic E-state index is 13.6. The average Bonchev–Trinajstić information content (AvgIpc) is 2.44. The van der Waals surface area contributed by atoms with Gasteiger partial charge >= 0.3 is 0 Å². The van der Waals surface area contributed by atoms with E-state index < -0.39 is 11.6 Å². The van der Waals surface area contributed by atoms with Crippen LogP contribution in [0.15, 0.2) is 30.3 Å². The molecule has 21 heavy (non-hydrogen) atoms. The molecule has 0 fully saturated rings. The third kappa shape index (κ3) is 4.11. The summed E-state index contributed by atoms with van der Waals surface area (Å²) in [5.74, 6) is -1.82. The van der Waals surface area contributed by atoms with Crippen LogP contribution >= 0.6 is 0 Å². The van der Waals surface area contributed by atoms with Gasteiger partial charge < -0.3 is 10.6 Å². The smallest absolute Gasteiger partial charge is 0.168 e. The molecule has 2 rings (SSSR count). The molecule has 0 unspecified atom stereocenters. The van der Waals surface area contributed by atoms with E-state index in [1.165, 1.54) is 12.1 Å². The first-order chi connectivity index (χ1) is 10.1. The van der Waals surface area contributed by atoms with E-state index in [0.29, 0.717) is 19.5 Å². The van der Waals surface area contributed by atoms with Gasteiger partial charge in [0, 0.05) is 19.2 Å². The molecule has 112 valence electrons. The number of hydrogen-bond acceptors (Lipinski definition) is 3. The first-order valence-corrected chi connectivity index (χ1v) is 6.68. The predicted molar refractivity (Wildman–Crippen MR) is 76.9 cm³/mol. The Balaban J connectivity index is 2.01. The van der Waals surface area contributed by atoms with Crippen molar-refractivity contribution in [3.63, 3.8) is 0 Å². The van der Waals surface area contributed by atoms with E-state index in [1.807, 2.05) is 0 Å². The molecule has 2 N–H and O–H groups in total. The number of nitrogens with one attached hydrogen (secondary N) is 2.